The Kier molecular flexibility index (Phi) is 4.18. The summed E-state index contributed by atoms with van der Waals surface area (Å²) in [6.07, 6.45) is 4.70. The van der Waals surface area contributed by atoms with Crippen LogP contribution < -0.4 is 10.6 Å². The molecule has 2 N–H and O–H groups in total. The number of hydrogen-bond donors (Lipinski definition) is 2. The Labute approximate surface area is 97.8 Å². The summed E-state index contributed by atoms with van der Waals surface area (Å²) in [4.78, 5) is 14.2. The van der Waals surface area contributed by atoms with Crippen LogP contribution in [0.3, 0.4) is 0 Å². The number of amides is 1. The molecule has 0 spiro atoms. The predicted molar refractivity (Wildman–Crippen MR) is 64.3 cm³/mol. The summed E-state index contributed by atoms with van der Waals surface area (Å²) in [5, 5.41) is 6.17. The zero-order chi connectivity index (χ0) is 11.4. The lowest BCUT2D eigenvalue weighted by Gasteiger charge is -2.39. The fourth-order valence-electron chi connectivity index (χ4n) is 2.93. The molecule has 4 nitrogen and oxygen atoms in total. The van der Waals surface area contributed by atoms with Gasteiger partial charge in [0.15, 0.2) is 0 Å². The number of carbonyl (C=O) groups excluding carboxylic acids is 1. The van der Waals surface area contributed by atoms with Gasteiger partial charge in [-0.05, 0) is 45.3 Å². The minimum Gasteiger partial charge on any atom is -0.359 e. The average Bonchev–Trinajstić information content (AvgIpc) is 2.39. The van der Waals surface area contributed by atoms with Gasteiger partial charge >= 0.3 is 0 Å². The Morgan fingerprint density at radius 3 is 2.75 bits per heavy atom. The van der Waals surface area contributed by atoms with Crippen LogP contribution in [0.4, 0.5) is 0 Å². The van der Waals surface area contributed by atoms with Crippen molar-refractivity contribution in [2.75, 3.05) is 33.2 Å². The van der Waals surface area contributed by atoms with Crippen molar-refractivity contribution in [3.8, 4) is 0 Å². The molecule has 2 heterocycles. The van der Waals surface area contributed by atoms with Crippen molar-refractivity contribution in [3.63, 3.8) is 0 Å². The predicted octanol–water partition coefficient (Wildman–Crippen LogP) is 0.196. The number of nitrogens with one attached hydrogen (secondary N) is 2. The lowest BCUT2D eigenvalue weighted by Crippen LogP contribution is -2.49. The molecule has 0 aromatic heterocycles. The van der Waals surface area contributed by atoms with E-state index >= 15 is 0 Å². The third kappa shape index (κ3) is 2.74. The molecule has 0 aromatic rings. The second-order valence-electron chi connectivity index (χ2n) is 4.93. The van der Waals surface area contributed by atoms with Crippen LogP contribution in [0.15, 0.2) is 0 Å². The highest BCUT2D eigenvalue weighted by Gasteiger charge is 2.29. The monoisotopic (exact) mass is 225 g/mol. The number of piperidine rings is 2. The van der Waals surface area contributed by atoms with Gasteiger partial charge in [-0.2, -0.15) is 0 Å². The van der Waals surface area contributed by atoms with E-state index in [1.54, 1.807) is 7.05 Å². The molecule has 0 aromatic carbocycles. The Morgan fingerprint density at radius 1 is 1.31 bits per heavy atom. The van der Waals surface area contributed by atoms with Gasteiger partial charge < -0.3 is 10.6 Å². The van der Waals surface area contributed by atoms with Gasteiger partial charge in [-0.15, -0.1) is 0 Å². The number of carbonyl (C=O) groups is 1. The average molecular weight is 225 g/mol. The van der Waals surface area contributed by atoms with E-state index in [1.165, 1.54) is 25.8 Å². The Morgan fingerprint density at radius 2 is 2.06 bits per heavy atom. The minimum atomic E-state index is 0.216. The molecule has 0 saturated carbocycles. The molecule has 1 amide bonds. The first-order valence-corrected chi connectivity index (χ1v) is 6.47. The Hall–Kier alpha value is -0.610. The van der Waals surface area contributed by atoms with Crippen LogP contribution in [0, 0.1) is 5.92 Å². The summed E-state index contributed by atoms with van der Waals surface area (Å²) in [5.41, 5.74) is 0. The molecule has 16 heavy (non-hydrogen) atoms. The van der Waals surface area contributed by atoms with Crippen molar-refractivity contribution in [1.29, 1.82) is 0 Å². The van der Waals surface area contributed by atoms with E-state index in [1.807, 2.05) is 0 Å². The fourth-order valence-corrected chi connectivity index (χ4v) is 2.93. The molecule has 0 bridgehead atoms. The largest absolute Gasteiger partial charge is 0.359 e. The highest BCUT2D eigenvalue weighted by molar-refractivity contribution is 5.78. The van der Waals surface area contributed by atoms with Gasteiger partial charge in [-0.3, -0.25) is 9.69 Å². The van der Waals surface area contributed by atoms with Crippen LogP contribution in [0.25, 0.3) is 0 Å². The Balaban J connectivity index is 1.87. The van der Waals surface area contributed by atoms with E-state index < -0.39 is 0 Å². The van der Waals surface area contributed by atoms with E-state index in [9.17, 15) is 4.79 Å². The molecule has 1 atom stereocenters. The smallest absolute Gasteiger partial charge is 0.224 e. The van der Waals surface area contributed by atoms with E-state index in [0.29, 0.717) is 6.04 Å². The van der Waals surface area contributed by atoms with Gasteiger partial charge in [0, 0.05) is 19.6 Å². The van der Waals surface area contributed by atoms with Gasteiger partial charge in [-0.1, -0.05) is 0 Å². The zero-order valence-corrected chi connectivity index (χ0v) is 10.2. The molecule has 2 fully saturated rings. The van der Waals surface area contributed by atoms with Crippen molar-refractivity contribution in [2.45, 2.75) is 31.7 Å². The molecular formula is C12H23N3O. The molecule has 0 radical (unpaired) electrons. The van der Waals surface area contributed by atoms with Crippen molar-refractivity contribution in [2.24, 2.45) is 5.92 Å². The van der Waals surface area contributed by atoms with Crippen LogP contribution in [0.1, 0.15) is 25.7 Å². The Bertz CT molecular complexity index is 238. The van der Waals surface area contributed by atoms with Crippen molar-refractivity contribution in [3.05, 3.63) is 0 Å². The standard InChI is InChI=1S/C12H23N3O/c1-13-12(16)10-3-2-8-15(9-10)11-4-6-14-7-5-11/h10-11,14H,2-9H2,1H3,(H,13,16). The number of nitrogens with zero attached hydrogens (tertiary/aromatic N) is 1. The molecular weight excluding hydrogens is 202 g/mol. The van der Waals surface area contributed by atoms with Crippen LogP contribution in [-0.2, 0) is 4.79 Å². The second-order valence-corrected chi connectivity index (χ2v) is 4.93. The molecule has 0 aliphatic carbocycles. The SMILES string of the molecule is CNC(=O)C1CCCN(C2CCNCC2)C1. The third-order valence-corrected chi connectivity index (χ3v) is 3.90. The summed E-state index contributed by atoms with van der Waals surface area (Å²) in [7, 11) is 1.74. The molecule has 2 aliphatic heterocycles. The third-order valence-electron chi connectivity index (χ3n) is 3.90. The molecule has 2 rings (SSSR count). The van der Waals surface area contributed by atoms with Crippen molar-refractivity contribution < 1.29 is 4.79 Å². The van der Waals surface area contributed by atoms with Crippen LogP contribution in [-0.4, -0.2) is 50.1 Å². The highest BCUT2D eigenvalue weighted by atomic mass is 16.1. The molecule has 2 aliphatic rings. The van der Waals surface area contributed by atoms with E-state index in [4.69, 9.17) is 0 Å². The van der Waals surface area contributed by atoms with E-state index in [0.717, 1.165) is 26.1 Å². The number of likely N-dealkylation sites (tertiary alicyclic amines) is 1. The fraction of sp³-hybridized carbons (Fsp3) is 0.917. The summed E-state index contributed by atoms with van der Waals surface area (Å²) in [5.74, 6) is 0.437. The molecule has 2 saturated heterocycles. The maximum absolute atomic E-state index is 11.6. The summed E-state index contributed by atoms with van der Waals surface area (Å²) >= 11 is 0. The van der Waals surface area contributed by atoms with E-state index in [-0.39, 0.29) is 11.8 Å². The normalized spacial score (nSPS) is 28.9. The first-order chi connectivity index (χ1) is 7.81. The number of hydrogen-bond acceptors (Lipinski definition) is 3. The highest BCUT2D eigenvalue weighted by Crippen LogP contribution is 2.22. The quantitative estimate of drug-likeness (QED) is 0.705. The first kappa shape index (κ1) is 11.9. The van der Waals surface area contributed by atoms with Crippen molar-refractivity contribution >= 4 is 5.91 Å². The van der Waals surface area contributed by atoms with Crippen LogP contribution in [0.2, 0.25) is 0 Å². The first-order valence-electron chi connectivity index (χ1n) is 6.47. The molecule has 1 unspecified atom stereocenters. The van der Waals surface area contributed by atoms with Crippen LogP contribution in [0.5, 0.6) is 0 Å². The van der Waals surface area contributed by atoms with Gasteiger partial charge in [0.1, 0.15) is 0 Å². The lowest BCUT2D eigenvalue weighted by molar-refractivity contribution is -0.126. The lowest BCUT2D eigenvalue weighted by atomic mass is 9.93. The maximum atomic E-state index is 11.6. The second kappa shape index (κ2) is 5.64. The number of rotatable bonds is 2. The summed E-state index contributed by atoms with van der Waals surface area (Å²) < 4.78 is 0. The maximum Gasteiger partial charge on any atom is 0.224 e. The van der Waals surface area contributed by atoms with Crippen molar-refractivity contribution in [1.82, 2.24) is 15.5 Å². The van der Waals surface area contributed by atoms with Gasteiger partial charge in [0.2, 0.25) is 5.91 Å². The van der Waals surface area contributed by atoms with Gasteiger partial charge in [0.05, 0.1) is 5.92 Å². The minimum absolute atomic E-state index is 0.216. The molecule has 4 heteroatoms. The topological polar surface area (TPSA) is 44.4 Å². The van der Waals surface area contributed by atoms with Crippen LogP contribution >= 0.6 is 0 Å². The molecule has 92 valence electrons. The van der Waals surface area contributed by atoms with Gasteiger partial charge in [-0.25, -0.2) is 0 Å². The van der Waals surface area contributed by atoms with E-state index in [2.05, 4.69) is 15.5 Å². The summed E-state index contributed by atoms with van der Waals surface area (Å²) in [6.45, 7) is 4.40. The van der Waals surface area contributed by atoms with Gasteiger partial charge in [0.25, 0.3) is 0 Å². The zero-order valence-electron chi connectivity index (χ0n) is 10.2. The summed E-state index contributed by atoms with van der Waals surface area (Å²) in [6, 6.07) is 0.703.